The Hall–Kier alpha value is -0.970. The zero-order valence-electron chi connectivity index (χ0n) is 11.5. The maximum Gasteiger partial charge on any atom is 0.130 e. The second-order valence-electron chi connectivity index (χ2n) is 5.22. The van der Waals surface area contributed by atoms with Crippen LogP contribution in [0.2, 0.25) is 5.02 Å². The zero-order valence-corrected chi connectivity index (χ0v) is 13.0. The van der Waals surface area contributed by atoms with E-state index in [1.165, 1.54) is 23.4 Å². The van der Waals surface area contributed by atoms with E-state index in [1.54, 1.807) is 11.8 Å². The second kappa shape index (κ2) is 5.80. The molecule has 1 heterocycles. The molecule has 1 aliphatic heterocycles. The molecular formula is C15H18ClN3S. The minimum atomic E-state index is 0.188. The number of hydrogen-bond acceptors (Lipinski definition) is 4. The van der Waals surface area contributed by atoms with E-state index in [-0.39, 0.29) is 6.04 Å². The molecule has 1 aromatic rings. The van der Waals surface area contributed by atoms with E-state index in [0.717, 1.165) is 28.5 Å². The smallest absolute Gasteiger partial charge is 0.130 e. The zero-order chi connectivity index (χ0) is 14.1. The summed E-state index contributed by atoms with van der Waals surface area (Å²) in [6.45, 7) is 0. The van der Waals surface area contributed by atoms with Crippen molar-refractivity contribution < 1.29 is 0 Å². The monoisotopic (exact) mass is 307 g/mol. The van der Waals surface area contributed by atoms with E-state index in [2.05, 4.69) is 5.10 Å². The van der Waals surface area contributed by atoms with Crippen molar-refractivity contribution in [1.82, 2.24) is 5.01 Å². The van der Waals surface area contributed by atoms with Gasteiger partial charge in [-0.3, -0.25) is 5.01 Å². The van der Waals surface area contributed by atoms with Crippen LogP contribution in [-0.2, 0) is 0 Å². The van der Waals surface area contributed by atoms with Crippen LogP contribution in [0, 0.1) is 0 Å². The minimum Gasteiger partial charge on any atom is -0.324 e. The van der Waals surface area contributed by atoms with Crippen molar-refractivity contribution in [2.24, 2.45) is 10.8 Å². The van der Waals surface area contributed by atoms with E-state index < -0.39 is 0 Å². The first-order chi connectivity index (χ1) is 9.65. The fraction of sp³-hybridized carbons (Fsp3) is 0.400. The van der Waals surface area contributed by atoms with Crippen LogP contribution >= 0.6 is 23.4 Å². The topological polar surface area (TPSA) is 41.6 Å². The van der Waals surface area contributed by atoms with Crippen molar-refractivity contribution in [3.63, 3.8) is 0 Å². The lowest BCUT2D eigenvalue weighted by Gasteiger charge is -2.25. The molecule has 1 aliphatic carbocycles. The first-order valence-electron chi connectivity index (χ1n) is 6.90. The molecule has 3 nitrogen and oxygen atoms in total. The Balaban J connectivity index is 1.86. The lowest BCUT2D eigenvalue weighted by molar-refractivity contribution is 0.454. The molecule has 1 fully saturated rings. The van der Waals surface area contributed by atoms with Gasteiger partial charge >= 0.3 is 0 Å². The maximum absolute atomic E-state index is 6.26. The fourth-order valence-corrected chi connectivity index (χ4v) is 3.93. The largest absolute Gasteiger partial charge is 0.324 e. The highest BCUT2D eigenvalue weighted by molar-refractivity contribution is 8.17. The molecular weight excluding hydrogens is 290 g/mol. The third-order valence-corrected chi connectivity index (χ3v) is 5.24. The highest BCUT2D eigenvalue weighted by Crippen LogP contribution is 2.38. The second-order valence-corrected chi connectivity index (χ2v) is 6.63. The first kappa shape index (κ1) is 14.0. The van der Waals surface area contributed by atoms with Crippen LogP contribution in [0.4, 0.5) is 0 Å². The first-order valence-corrected chi connectivity index (χ1v) is 8.09. The van der Waals surface area contributed by atoms with E-state index in [4.69, 9.17) is 17.3 Å². The van der Waals surface area contributed by atoms with E-state index >= 15 is 0 Å². The van der Waals surface area contributed by atoms with Crippen molar-refractivity contribution in [2.45, 2.75) is 31.7 Å². The molecule has 0 saturated heterocycles. The Morgan fingerprint density at radius 3 is 2.75 bits per heavy atom. The number of thioether (sulfide) groups is 1. The minimum absolute atomic E-state index is 0.188. The summed E-state index contributed by atoms with van der Waals surface area (Å²) in [5.41, 5.74) is 8.72. The molecule has 0 bridgehead atoms. The van der Waals surface area contributed by atoms with Crippen LogP contribution in [0.1, 0.15) is 31.2 Å². The molecule has 0 aromatic heterocycles. The van der Waals surface area contributed by atoms with Gasteiger partial charge in [-0.25, -0.2) is 0 Å². The summed E-state index contributed by atoms with van der Waals surface area (Å²) in [5, 5.41) is 9.58. The predicted molar refractivity (Wildman–Crippen MR) is 86.8 cm³/mol. The van der Waals surface area contributed by atoms with Crippen molar-refractivity contribution in [2.75, 3.05) is 7.05 Å². The van der Waals surface area contributed by atoms with Crippen molar-refractivity contribution in [3.05, 3.63) is 45.5 Å². The molecule has 0 amide bonds. The summed E-state index contributed by atoms with van der Waals surface area (Å²) < 4.78 is 0. The lowest BCUT2D eigenvalue weighted by Crippen LogP contribution is -2.28. The van der Waals surface area contributed by atoms with Gasteiger partial charge in [0, 0.05) is 23.7 Å². The molecule has 2 N–H and O–H groups in total. The predicted octanol–water partition coefficient (Wildman–Crippen LogP) is 3.79. The normalized spacial score (nSPS) is 26.9. The third kappa shape index (κ3) is 2.73. The maximum atomic E-state index is 6.26. The van der Waals surface area contributed by atoms with Gasteiger partial charge in [0.2, 0.25) is 0 Å². The summed E-state index contributed by atoms with van der Waals surface area (Å²) in [7, 11) is 2.00. The summed E-state index contributed by atoms with van der Waals surface area (Å²) >= 11 is 7.65. The number of hydrazone groups is 1. The fourth-order valence-electron chi connectivity index (χ4n) is 2.65. The number of benzene rings is 1. The molecule has 20 heavy (non-hydrogen) atoms. The molecule has 1 atom stereocenters. The van der Waals surface area contributed by atoms with E-state index in [0.29, 0.717) is 0 Å². The van der Waals surface area contributed by atoms with E-state index in [9.17, 15) is 0 Å². The quantitative estimate of drug-likeness (QED) is 0.858. The van der Waals surface area contributed by atoms with Gasteiger partial charge in [-0.15, -0.1) is 0 Å². The number of nitrogens with two attached hydrogens (primary N) is 1. The molecule has 0 spiro atoms. The van der Waals surface area contributed by atoms with Crippen LogP contribution in [0.5, 0.6) is 0 Å². The average Bonchev–Trinajstić information content (AvgIpc) is 2.82. The van der Waals surface area contributed by atoms with Gasteiger partial charge in [0.05, 0.1) is 5.03 Å². The van der Waals surface area contributed by atoms with Crippen LogP contribution < -0.4 is 5.73 Å². The average molecular weight is 308 g/mol. The number of hydrogen-bond donors (Lipinski definition) is 1. The van der Waals surface area contributed by atoms with Crippen LogP contribution in [0.25, 0.3) is 0 Å². The van der Waals surface area contributed by atoms with E-state index in [1.807, 2.05) is 36.3 Å². The highest BCUT2D eigenvalue weighted by Gasteiger charge is 2.27. The van der Waals surface area contributed by atoms with Gasteiger partial charge in [-0.05, 0) is 48.7 Å². The molecule has 0 radical (unpaired) electrons. The molecule has 2 aliphatic rings. The van der Waals surface area contributed by atoms with Gasteiger partial charge in [0.15, 0.2) is 0 Å². The lowest BCUT2D eigenvalue weighted by atomic mass is 9.91. The number of nitrogens with zero attached hydrogens (tertiary/aromatic N) is 2. The molecule has 5 heteroatoms. The van der Waals surface area contributed by atoms with Crippen LogP contribution in [-0.4, -0.2) is 23.1 Å². The van der Waals surface area contributed by atoms with Crippen molar-refractivity contribution in [3.8, 4) is 0 Å². The molecule has 106 valence electrons. The Morgan fingerprint density at radius 2 is 2.05 bits per heavy atom. The molecule has 1 unspecified atom stereocenters. The molecule has 3 rings (SSSR count). The number of halogens is 1. The van der Waals surface area contributed by atoms with Gasteiger partial charge in [-0.2, -0.15) is 5.10 Å². The van der Waals surface area contributed by atoms with Crippen molar-refractivity contribution in [1.29, 1.82) is 0 Å². The Morgan fingerprint density at radius 1 is 1.30 bits per heavy atom. The summed E-state index contributed by atoms with van der Waals surface area (Å²) in [6.07, 6.45) is 4.65. The Kier molecular flexibility index (Phi) is 4.06. The molecule has 1 saturated carbocycles. The number of rotatable bonds is 1. The summed E-state index contributed by atoms with van der Waals surface area (Å²) in [6, 6.07) is 8.01. The van der Waals surface area contributed by atoms with Crippen LogP contribution in [0.15, 0.2) is 40.0 Å². The Bertz CT molecular complexity index is 565. The summed E-state index contributed by atoms with van der Waals surface area (Å²) in [4.78, 5) is 0. The third-order valence-electron chi connectivity index (χ3n) is 3.75. The van der Waals surface area contributed by atoms with Crippen LogP contribution in [0.3, 0.4) is 0 Å². The summed E-state index contributed by atoms with van der Waals surface area (Å²) in [5.74, 6) is 0. The SMILES string of the molecule is CN1N=C(c2ccc(Cl)cc2)SC1=C1CCCCC1N. The van der Waals surface area contributed by atoms with Gasteiger partial charge < -0.3 is 5.73 Å². The Labute approximate surface area is 128 Å². The van der Waals surface area contributed by atoms with Crippen molar-refractivity contribution >= 4 is 28.4 Å². The van der Waals surface area contributed by atoms with Gasteiger partial charge in [0.1, 0.15) is 5.04 Å². The van der Waals surface area contributed by atoms with Gasteiger partial charge in [-0.1, -0.05) is 30.2 Å². The standard InChI is InChI=1S/C15H18ClN3S/c1-19-15(12-4-2-3-5-13(12)17)20-14(18-19)10-6-8-11(16)9-7-10/h6-9,13H,2-5,17H2,1H3. The highest BCUT2D eigenvalue weighted by atomic mass is 35.5. The molecule has 1 aromatic carbocycles. The van der Waals surface area contributed by atoms with Gasteiger partial charge in [0.25, 0.3) is 0 Å².